The molecule has 19 heavy (non-hydrogen) atoms. The summed E-state index contributed by atoms with van der Waals surface area (Å²) in [6.07, 6.45) is 1.71. The zero-order chi connectivity index (χ0) is 13.2. The molecule has 0 N–H and O–H groups in total. The summed E-state index contributed by atoms with van der Waals surface area (Å²) in [6, 6.07) is 9.69. The van der Waals surface area contributed by atoms with E-state index < -0.39 is 6.17 Å². The van der Waals surface area contributed by atoms with Crippen LogP contribution in [-0.4, -0.2) is 29.2 Å². The Morgan fingerprint density at radius 2 is 1.84 bits per heavy atom. The van der Waals surface area contributed by atoms with Gasteiger partial charge in [0.25, 0.3) is 0 Å². The summed E-state index contributed by atoms with van der Waals surface area (Å²) in [5, 5.41) is 0. The van der Waals surface area contributed by atoms with Crippen molar-refractivity contribution in [1.82, 2.24) is 4.90 Å². The highest BCUT2D eigenvalue weighted by Gasteiger charge is 2.44. The number of fused-ring (bicyclic) bond motifs is 2. The van der Waals surface area contributed by atoms with E-state index >= 15 is 0 Å². The van der Waals surface area contributed by atoms with E-state index in [9.17, 15) is 9.18 Å². The van der Waals surface area contributed by atoms with Gasteiger partial charge in [-0.3, -0.25) is 0 Å². The number of carbonyl (C=O) groups excluding carboxylic acids is 1. The Hall–Kier alpha value is -1.58. The molecule has 102 valence electrons. The lowest BCUT2D eigenvalue weighted by Crippen LogP contribution is -2.47. The Morgan fingerprint density at radius 3 is 2.47 bits per heavy atom. The van der Waals surface area contributed by atoms with Crippen LogP contribution in [0.2, 0.25) is 0 Å². The van der Waals surface area contributed by atoms with Crippen molar-refractivity contribution in [3.63, 3.8) is 0 Å². The molecule has 1 unspecified atom stereocenters. The zero-order valence-electron chi connectivity index (χ0n) is 10.8. The number of piperidine rings is 1. The highest BCUT2D eigenvalue weighted by atomic mass is 19.1. The standard InChI is InChI=1S/C15H18FNO2/c16-12-8-13-6-7-14(9-12)17(13)15(18)19-10-11-4-2-1-3-5-11/h1-5,12-14H,6-10H2/t12?,13-,14+. The minimum absolute atomic E-state index is 0.0389. The molecule has 4 heteroatoms. The fourth-order valence-corrected chi connectivity index (χ4v) is 3.20. The maximum atomic E-state index is 13.4. The zero-order valence-corrected chi connectivity index (χ0v) is 10.8. The highest BCUT2D eigenvalue weighted by Crippen LogP contribution is 2.37. The van der Waals surface area contributed by atoms with Crippen molar-refractivity contribution in [2.75, 3.05) is 0 Å². The van der Waals surface area contributed by atoms with Crippen LogP contribution in [0.25, 0.3) is 0 Å². The first kappa shape index (κ1) is 12.5. The summed E-state index contributed by atoms with van der Waals surface area (Å²) in [5.74, 6) is 0. The van der Waals surface area contributed by atoms with E-state index in [2.05, 4.69) is 0 Å². The largest absolute Gasteiger partial charge is 0.445 e. The van der Waals surface area contributed by atoms with Gasteiger partial charge in [0.05, 0.1) is 0 Å². The Bertz CT molecular complexity index is 437. The summed E-state index contributed by atoms with van der Waals surface area (Å²) in [7, 11) is 0. The normalized spacial score (nSPS) is 29.3. The molecule has 2 aliphatic heterocycles. The third-order valence-electron chi connectivity index (χ3n) is 4.09. The second-order valence-corrected chi connectivity index (χ2v) is 5.40. The number of carbonyl (C=O) groups is 1. The van der Waals surface area contributed by atoms with Crippen molar-refractivity contribution in [2.24, 2.45) is 0 Å². The van der Waals surface area contributed by atoms with Gasteiger partial charge in [-0.05, 0) is 31.2 Å². The number of amides is 1. The maximum absolute atomic E-state index is 13.4. The average Bonchev–Trinajstić information content (AvgIpc) is 2.70. The number of ether oxygens (including phenoxy) is 1. The molecular formula is C15H18FNO2. The SMILES string of the molecule is O=C(OCc1ccccc1)N1[C@@H]2CC[C@H]1CC(F)C2. The Morgan fingerprint density at radius 1 is 1.21 bits per heavy atom. The van der Waals surface area contributed by atoms with E-state index in [0.29, 0.717) is 12.8 Å². The van der Waals surface area contributed by atoms with E-state index in [1.165, 1.54) is 0 Å². The molecule has 3 atom stereocenters. The number of nitrogens with zero attached hydrogens (tertiary/aromatic N) is 1. The van der Waals surface area contributed by atoms with Crippen LogP contribution in [0.5, 0.6) is 0 Å². The monoisotopic (exact) mass is 263 g/mol. The van der Waals surface area contributed by atoms with Gasteiger partial charge in [-0.15, -0.1) is 0 Å². The molecule has 2 saturated heterocycles. The predicted octanol–water partition coefficient (Wildman–Crippen LogP) is 3.29. The van der Waals surface area contributed by atoms with E-state index in [1.54, 1.807) is 4.90 Å². The molecule has 2 bridgehead atoms. The first-order valence-corrected chi connectivity index (χ1v) is 6.87. The van der Waals surface area contributed by atoms with Crippen LogP contribution in [0, 0.1) is 0 Å². The molecule has 1 aromatic carbocycles. The Balaban J connectivity index is 1.59. The Kier molecular flexibility index (Phi) is 3.40. The van der Waals surface area contributed by atoms with Crippen LogP contribution in [0.3, 0.4) is 0 Å². The summed E-state index contributed by atoms with van der Waals surface area (Å²) in [4.78, 5) is 13.9. The van der Waals surface area contributed by atoms with E-state index in [4.69, 9.17) is 4.74 Å². The number of hydrogen-bond donors (Lipinski definition) is 0. The average molecular weight is 263 g/mol. The Labute approximate surface area is 112 Å². The molecule has 2 aliphatic rings. The lowest BCUT2D eigenvalue weighted by molar-refractivity contribution is 0.0462. The molecule has 0 aliphatic carbocycles. The molecule has 3 rings (SSSR count). The van der Waals surface area contributed by atoms with E-state index in [-0.39, 0.29) is 24.8 Å². The molecular weight excluding hydrogens is 245 g/mol. The summed E-state index contributed by atoms with van der Waals surface area (Å²) in [6.45, 7) is 0.286. The number of hydrogen-bond acceptors (Lipinski definition) is 2. The maximum Gasteiger partial charge on any atom is 0.410 e. The molecule has 3 nitrogen and oxygen atoms in total. The molecule has 2 heterocycles. The molecule has 0 aromatic heterocycles. The quantitative estimate of drug-likeness (QED) is 0.819. The van der Waals surface area contributed by atoms with Crippen LogP contribution < -0.4 is 0 Å². The van der Waals surface area contributed by atoms with Gasteiger partial charge in [-0.1, -0.05) is 30.3 Å². The van der Waals surface area contributed by atoms with Gasteiger partial charge in [0.2, 0.25) is 0 Å². The van der Waals surface area contributed by atoms with Gasteiger partial charge in [0.15, 0.2) is 0 Å². The third-order valence-corrected chi connectivity index (χ3v) is 4.09. The van der Waals surface area contributed by atoms with Crippen molar-refractivity contribution in [3.8, 4) is 0 Å². The molecule has 0 saturated carbocycles. The molecule has 1 aromatic rings. The summed E-state index contributed by atoms with van der Waals surface area (Å²) < 4.78 is 18.8. The summed E-state index contributed by atoms with van der Waals surface area (Å²) in [5.41, 5.74) is 0.976. The van der Waals surface area contributed by atoms with Crippen molar-refractivity contribution < 1.29 is 13.9 Å². The second kappa shape index (κ2) is 5.19. The van der Waals surface area contributed by atoms with E-state index in [0.717, 1.165) is 18.4 Å². The van der Waals surface area contributed by atoms with Gasteiger partial charge in [0.1, 0.15) is 12.8 Å². The smallest absolute Gasteiger partial charge is 0.410 e. The first-order valence-electron chi connectivity index (χ1n) is 6.87. The molecule has 0 spiro atoms. The van der Waals surface area contributed by atoms with Crippen LogP contribution >= 0.6 is 0 Å². The topological polar surface area (TPSA) is 29.5 Å². The highest BCUT2D eigenvalue weighted by molar-refractivity contribution is 5.69. The lowest BCUT2D eigenvalue weighted by atomic mass is 10.0. The number of benzene rings is 1. The minimum atomic E-state index is -0.754. The van der Waals surface area contributed by atoms with Crippen molar-refractivity contribution in [3.05, 3.63) is 35.9 Å². The van der Waals surface area contributed by atoms with E-state index in [1.807, 2.05) is 30.3 Å². The van der Waals surface area contributed by atoms with Crippen molar-refractivity contribution >= 4 is 6.09 Å². The van der Waals surface area contributed by atoms with Crippen LogP contribution in [0.1, 0.15) is 31.2 Å². The molecule has 1 amide bonds. The van der Waals surface area contributed by atoms with Crippen LogP contribution in [-0.2, 0) is 11.3 Å². The van der Waals surface area contributed by atoms with Gasteiger partial charge in [-0.25, -0.2) is 9.18 Å². The fraction of sp³-hybridized carbons (Fsp3) is 0.533. The van der Waals surface area contributed by atoms with Gasteiger partial charge in [0, 0.05) is 12.1 Å². The first-order chi connectivity index (χ1) is 9.24. The number of alkyl halides is 1. The second-order valence-electron chi connectivity index (χ2n) is 5.40. The minimum Gasteiger partial charge on any atom is -0.445 e. The van der Waals surface area contributed by atoms with Gasteiger partial charge >= 0.3 is 6.09 Å². The lowest BCUT2D eigenvalue weighted by Gasteiger charge is -2.35. The van der Waals surface area contributed by atoms with Gasteiger partial charge < -0.3 is 9.64 Å². The van der Waals surface area contributed by atoms with Crippen LogP contribution in [0.15, 0.2) is 30.3 Å². The van der Waals surface area contributed by atoms with Crippen LogP contribution in [0.4, 0.5) is 9.18 Å². The summed E-state index contributed by atoms with van der Waals surface area (Å²) >= 11 is 0. The predicted molar refractivity (Wildman–Crippen MR) is 69.4 cm³/mol. The van der Waals surface area contributed by atoms with Crippen molar-refractivity contribution in [1.29, 1.82) is 0 Å². The third kappa shape index (κ3) is 2.57. The van der Waals surface area contributed by atoms with Crippen molar-refractivity contribution in [2.45, 2.75) is 50.5 Å². The molecule has 2 fully saturated rings. The molecule has 0 radical (unpaired) electrons. The number of rotatable bonds is 2. The van der Waals surface area contributed by atoms with Gasteiger partial charge in [-0.2, -0.15) is 0 Å². The fourth-order valence-electron chi connectivity index (χ4n) is 3.20. The number of halogens is 1.